The summed E-state index contributed by atoms with van der Waals surface area (Å²) in [5.41, 5.74) is 1.57. The molecule has 0 saturated carbocycles. The van der Waals surface area contributed by atoms with Gasteiger partial charge in [0.1, 0.15) is 5.82 Å². The number of fused-ring (bicyclic) bond motifs is 2. The molecule has 0 saturated heterocycles. The number of pyridine rings is 1. The number of H-pyrrole nitrogens is 1. The number of benzene rings is 1. The molecule has 0 fully saturated rings. The number of hydrogen-bond acceptors (Lipinski definition) is 5. The van der Waals surface area contributed by atoms with Crippen LogP contribution in [0, 0.1) is 4.77 Å². The monoisotopic (exact) mass is 380 g/mol. The minimum atomic E-state index is -0.231. The zero-order chi connectivity index (χ0) is 19.0. The van der Waals surface area contributed by atoms with E-state index in [0.29, 0.717) is 34.2 Å². The van der Waals surface area contributed by atoms with Gasteiger partial charge in [-0.15, -0.1) is 10.2 Å². The second kappa shape index (κ2) is 6.76. The minimum Gasteiger partial charge on any atom is -0.352 e. The normalized spacial score (nSPS) is 11.1. The molecule has 136 valence electrons. The van der Waals surface area contributed by atoms with Crippen molar-refractivity contribution in [2.45, 2.75) is 6.42 Å². The Morgan fingerprint density at radius 1 is 1.26 bits per heavy atom. The molecule has 2 N–H and O–H groups in total. The summed E-state index contributed by atoms with van der Waals surface area (Å²) in [6, 6.07) is 10.6. The van der Waals surface area contributed by atoms with Crippen molar-refractivity contribution in [3.8, 4) is 0 Å². The molecule has 4 rings (SSSR count). The molecule has 27 heavy (non-hydrogen) atoms. The minimum absolute atomic E-state index is 0.195. The second-order valence-corrected chi connectivity index (χ2v) is 6.49. The van der Waals surface area contributed by atoms with Crippen molar-refractivity contribution in [2.24, 2.45) is 7.05 Å². The van der Waals surface area contributed by atoms with E-state index in [4.69, 9.17) is 12.2 Å². The van der Waals surface area contributed by atoms with E-state index < -0.39 is 0 Å². The molecule has 0 aliphatic rings. The Morgan fingerprint density at radius 3 is 2.96 bits per heavy atom. The average molecular weight is 380 g/mol. The molecule has 0 unspecified atom stereocenters. The lowest BCUT2D eigenvalue weighted by Crippen LogP contribution is -2.26. The Balaban J connectivity index is 1.50. The molecule has 1 amide bonds. The fourth-order valence-corrected chi connectivity index (χ4v) is 3.09. The summed E-state index contributed by atoms with van der Waals surface area (Å²) in [7, 11) is 1.61. The Kier molecular flexibility index (Phi) is 4.28. The van der Waals surface area contributed by atoms with Crippen molar-refractivity contribution >= 4 is 34.7 Å². The van der Waals surface area contributed by atoms with Gasteiger partial charge in [0.05, 0.1) is 10.9 Å². The van der Waals surface area contributed by atoms with Gasteiger partial charge in [0.25, 0.3) is 11.5 Å². The third kappa shape index (κ3) is 3.13. The van der Waals surface area contributed by atoms with Crippen LogP contribution in [0.3, 0.4) is 0 Å². The number of carbonyl (C=O) groups is 1. The molecule has 4 aromatic rings. The van der Waals surface area contributed by atoms with Gasteiger partial charge in [0.2, 0.25) is 0 Å². The summed E-state index contributed by atoms with van der Waals surface area (Å²) in [4.78, 5) is 27.6. The van der Waals surface area contributed by atoms with Crippen LogP contribution in [0.4, 0.5) is 0 Å². The predicted molar refractivity (Wildman–Crippen MR) is 103 cm³/mol. The Bertz CT molecular complexity index is 1290. The first-order chi connectivity index (χ1) is 13.0. The number of nitrogens with one attached hydrogen (secondary N) is 2. The summed E-state index contributed by atoms with van der Waals surface area (Å²) in [6.45, 7) is 0.416. The van der Waals surface area contributed by atoms with Crippen molar-refractivity contribution in [1.82, 2.24) is 29.5 Å². The highest BCUT2D eigenvalue weighted by molar-refractivity contribution is 7.71. The van der Waals surface area contributed by atoms with Crippen molar-refractivity contribution in [3.63, 3.8) is 0 Å². The molecule has 3 aromatic heterocycles. The van der Waals surface area contributed by atoms with Crippen LogP contribution in [0.1, 0.15) is 16.2 Å². The lowest BCUT2D eigenvalue weighted by atomic mass is 10.1. The van der Waals surface area contributed by atoms with Crippen LogP contribution in [-0.4, -0.2) is 36.6 Å². The van der Waals surface area contributed by atoms with Gasteiger partial charge < -0.3 is 10.3 Å². The lowest BCUT2D eigenvalue weighted by molar-refractivity contribution is 0.0954. The van der Waals surface area contributed by atoms with Crippen molar-refractivity contribution < 1.29 is 4.79 Å². The van der Waals surface area contributed by atoms with Gasteiger partial charge in [0, 0.05) is 31.8 Å². The van der Waals surface area contributed by atoms with Crippen LogP contribution in [0.2, 0.25) is 0 Å². The quantitative estimate of drug-likeness (QED) is 0.524. The Labute approximate surface area is 158 Å². The molecule has 0 bridgehead atoms. The first-order valence-corrected chi connectivity index (χ1v) is 8.75. The van der Waals surface area contributed by atoms with Gasteiger partial charge in [-0.2, -0.15) is 0 Å². The summed E-state index contributed by atoms with van der Waals surface area (Å²) in [6.07, 6.45) is 2.44. The van der Waals surface area contributed by atoms with E-state index in [2.05, 4.69) is 20.5 Å². The maximum Gasteiger partial charge on any atom is 0.261 e. The molecule has 9 heteroatoms. The predicted octanol–water partition coefficient (Wildman–Crippen LogP) is 1.61. The van der Waals surface area contributed by atoms with Crippen LogP contribution < -0.4 is 10.9 Å². The Morgan fingerprint density at radius 2 is 2.11 bits per heavy atom. The van der Waals surface area contributed by atoms with Crippen LogP contribution in [0.15, 0.2) is 47.4 Å². The zero-order valence-corrected chi connectivity index (χ0v) is 15.3. The number of aromatic amines is 1. The summed E-state index contributed by atoms with van der Waals surface area (Å²) < 4.78 is 3.56. The summed E-state index contributed by atoms with van der Waals surface area (Å²) in [5, 5.41) is 11.6. The van der Waals surface area contributed by atoms with Gasteiger partial charge >= 0.3 is 0 Å². The molecule has 3 heterocycles. The molecule has 0 aliphatic carbocycles. The van der Waals surface area contributed by atoms with Crippen molar-refractivity contribution in [2.75, 3.05) is 6.54 Å². The number of hydrogen-bond donors (Lipinski definition) is 2. The SMILES string of the molecule is Cn1c(=S)[nH]c2cc(C(=O)NCCc3nnc4ccccn34)ccc2c1=O. The van der Waals surface area contributed by atoms with Gasteiger partial charge in [-0.05, 0) is 42.5 Å². The fourth-order valence-electron chi connectivity index (χ4n) is 2.90. The number of amides is 1. The van der Waals surface area contributed by atoms with E-state index in [0.717, 1.165) is 11.5 Å². The van der Waals surface area contributed by atoms with E-state index in [1.807, 2.05) is 28.8 Å². The van der Waals surface area contributed by atoms with E-state index in [1.54, 1.807) is 25.2 Å². The molecule has 0 aliphatic heterocycles. The average Bonchev–Trinajstić information content (AvgIpc) is 3.09. The van der Waals surface area contributed by atoms with E-state index >= 15 is 0 Å². The van der Waals surface area contributed by atoms with Crippen LogP contribution in [0.5, 0.6) is 0 Å². The maximum atomic E-state index is 12.4. The molecule has 0 radical (unpaired) electrons. The van der Waals surface area contributed by atoms with E-state index in [1.165, 1.54) is 4.57 Å². The highest BCUT2D eigenvalue weighted by atomic mass is 32.1. The fraction of sp³-hybridized carbons (Fsp3) is 0.167. The maximum absolute atomic E-state index is 12.4. The number of aromatic nitrogens is 5. The van der Waals surface area contributed by atoms with Gasteiger partial charge in [-0.25, -0.2) is 0 Å². The summed E-state index contributed by atoms with van der Waals surface area (Å²) in [5.74, 6) is 0.544. The standard InChI is InChI=1S/C18H16N6O2S/c1-23-17(26)12-6-5-11(10-13(12)20-18(23)27)16(25)19-8-7-15-22-21-14-4-2-3-9-24(14)15/h2-6,9-10H,7-8H2,1H3,(H,19,25)(H,20,27). The molecular formula is C18H16N6O2S. The number of nitrogens with zero attached hydrogens (tertiary/aromatic N) is 4. The zero-order valence-electron chi connectivity index (χ0n) is 14.5. The molecule has 1 aromatic carbocycles. The van der Waals surface area contributed by atoms with Gasteiger partial charge in [0.15, 0.2) is 10.4 Å². The van der Waals surface area contributed by atoms with Crippen LogP contribution in [0.25, 0.3) is 16.6 Å². The third-order valence-electron chi connectivity index (χ3n) is 4.38. The molecule has 0 atom stereocenters. The van der Waals surface area contributed by atoms with E-state index in [9.17, 15) is 9.59 Å². The molecule has 0 spiro atoms. The first-order valence-electron chi connectivity index (χ1n) is 8.34. The van der Waals surface area contributed by atoms with Crippen LogP contribution >= 0.6 is 12.2 Å². The summed E-state index contributed by atoms with van der Waals surface area (Å²) >= 11 is 5.12. The highest BCUT2D eigenvalue weighted by Crippen LogP contribution is 2.10. The lowest BCUT2D eigenvalue weighted by Gasteiger charge is -2.07. The number of carbonyl (C=O) groups excluding carboxylic acids is 1. The van der Waals surface area contributed by atoms with Gasteiger partial charge in [-0.1, -0.05) is 6.07 Å². The number of rotatable bonds is 4. The largest absolute Gasteiger partial charge is 0.352 e. The van der Waals surface area contributed by atoms with E-state index in [-0.39, 0.29) is 11.5 Å². The second-order valence-electron chi connectivity index (χ2n) is 6.11. The molecular weight excluding hydrogens is 364 g/mol. The highest BCUT2D eigenvalue weighted by Gasteiger charge is 2.10. The Hall–Kier alpha value is -3.33. The van der Waals surface area contributed by atoms with Crippen LogP contribution in [-0.2, 0) is 13.5 Å². The van der Waals surface area contributed by atoms with Crippen molar-refractivity contribution in [1.29, 1.82) is 0 Å². The third-order valence-corrected chi connectivity index (χ3v) is 4.76. The first kappa shape index (κ1) is 17.1. The van der Waals surface area contributed by atoms with Crippen molar-refractivity contribution in [3.05, 3.63) is 69.1 Å². The smallest absolute Gasteiger partial charge is 0.261 e. The molecule has 8 nitrogen and oxygen atoms in total. The van der Waals surface area contributed by atoms with Gasteiger partial charge in [-0.3, -0.25) is 18.6 Å². The topological polar surface area (TPSA) is 97.1 Å².